The first-order chi connectivity index (χ1) is 9.15. The Labute approximate surface area is 112 Å². The average molecular weight is 307 g/mol. The fraction of sp³-hybridized carbons (Fsp3) is 0.273. The minimum atomic E-state index is -4.51. The molecule has 0 aliphatic rings. The fourth-order valence-corrected chi connectivity index (χ4v) is 2.78. The van der Waals surface area contributed by atoms with Crippen LogP contribution in [0.1, 0.15) is 5.56 Å². The number of hydrogen-bond acceptors (Lipinski definition) is 3. The second-order valence-corrected chi connectivity index (χ2v) is 6.01. The molecule has 0 saturated heterocycles. The van der Waals surface area contributed by atoms with E-state index in [4.69, 9.17) is 0 Å². The topological polar surface area (TPSA) is 63.3 Å². The van der Waals surface area contributed by atoms with E-state index in [0.717, 1.165) is 25.3 Å². The van der Waals surface area contributed by atoms with E-state index in [0.29, 0.717) is 0 Å². The van der Waals surface area contributed by atoms with Crippen LogP contribution in [0.4, 0.5) is 13.2 Å². The first kappa shape index (κ1) is 14.9. The maximum atomic E-state index is 12.7. The lowest BCUT2D eigenvalue weighted by Crippen LogP contribution is -2.36. The average Bonchev–Trinajstić information content (AvgIpc) is 2.35. The predicted molar refractivity (Wildman–Crippen MR) is 64.4 cm³/mol. The van der Waals surface area contributed by atoms with Crippen LogP contribution in [0.3, 0.4) is 0 Å². The summed E-state index contributed by atoms with van der Waals surface area (Å²) in [4.78, 5) is 9.72. The van der Waals surface area contributed by atoms with Crippen molar-refractivity contribution in [2.24, 2.45) is 7.05 Å². The molecule has 0 aliphatic heterocycles. The highest BCUT2D eigenvalue weighted by atomic mass is 31.2. The predicted octanol–water partition coefficient (Wildman–Crippen LogP) is 1.54. The zero-order valence-corrected chi connectivity index (χ0v) is 11.4. The second kappa shape index (κ2) is 4.80. The Bertz CT molecular complexity index is 718. The number of benzene rings is 1. The summed E-state index contributed by atoms with van der Waals surface area (Å²) in [5.41, 5.74) is -0.911. The molecule has 2 aromatic rings. The first-order valence-electron chi connectivity index (χ1n) is 5.42. The van der Waals surface area contributed by atoms with Crippen LogP contribution in [0.15, 0.2) is 24.4 Å². The second-order valence-electron chi connectivity index (χ2n) is 4.12. The van der Waals surface area contributed by atoms with Crippen molar-refractivity contribution < 1.29 is 31.8 Å². The van der Waals surface area contributed by atoms with Gasteiger partial charge in [-0.15, -0.1) is 0 Å². The van der Waals surface area contributed by atoms with Gasteiger partial charge in [0.2, 0.25) is 6.20 Å². The highest BCUT2D eigenvalue weighted by molar-refractivity contribution is 7.61. The van der Waals surface area contributed by atoms with Crippen molar-refractivity contribution in [2.75, 3.05) is 7.11 Å². The van der Waals surface area contributed by atoms with Gasteiger partial charge in [-0.2, -0.15) is 13.2 Å². The lowest BCUT2D eigenvalue weighted by Gasteiger charge is -2.11. The highest BCUT2D eigenvalue weighted by Crippen LogP contribution is 2.41. The maximum Gasteiger partial charge on any atom is 0.416 e. The Kier molecular flexibility index (Phi) is 3.58. The third-order valence-electron chi connectivity index (χ3n) is 2.73. The minimum absolute atomic E-state index is 0.0360. The van der Waals surface area contributed by atoms with Crippen LogP contribution >= 0.6 is 7.60 Å². The largest absolute Gasteiger partial charge is 0.416 e. The smallest absolute Gasteiger partial charge is 0.321 e. The van der Waals surface area contributed by atoms with Gasteiger partial charge in [-0.3, -0.25) is 4.57 Å². The van der Waals surface area contributed by atoms with Crippen LogP contribution in [0.25, 0.3) is 10.9 Å². The molecule has 9 heteroatoms. The van der Waals surface area contributed by atoms with Crippen molar-refractivity contribution in [3.63, 3.8) is 0 Å². The van der Waals surface area contributed by atoms with Crippen LogP contribution < -0.4 is 9.99 Å². The Balaban J connectivity index is 2.77. The molecule has 0 spiro atoms. The molecular formula is C11H11F3N2O3P+. The van der Waals surface area contributed by atoms with Crippen molar-refractivity contribution in [3.8, 4) is 0 Å². The molecule has 0 amide bonds. The summed E-state index contributed by atoms with van der Waals surface area (Å²) in [5.74, 6) is 0. The van der Waals surface area contributed by atoms with E-state index < -0.39 is 19.3 Å². The Morgan fingerprint density at radius 1 is 1.40 bits per heavy atom. The van der Waals surface area contributed by atoms with Crippen LogP contribution in [0.2, 0.25) is 0 Å². The third kappa shape index (κ3) is 2.67. The Morgan fingerprint density at radius 3 is 2.60 bits per heavy atom. The molecule has 20 heavy (non-hydrogen) atoms. The molecule has 0 bridgehead atoms. The van der Waals surface area contributed by atoms with Gasteiger partial charge in [0, 0.05) is 12.5 Å². The van der Waals surface area contributed by atoms with Gasteiger partial charge in [0.1, 0.15) is 10.8 Å². The molecule has 1 atom stereocenters. The Hall–Kier alpha value is -1.50. The van der Waals surface area contributed by atoms with E-state index >= 15 is 0 Å². The van der Waals surface area contributed by atoms with Gasteiger partial charge in [0.25, 0.3) is 0 Å². The molecule has 0 fully saturated rings. The van der Waals surface area contributed by atoms with Gasteiger partial charge in [-0.1, -0.05) is 10.7 Å². The van der Waals surface area contributed by atoms with Gasteiger partial charge in [0.15, 0.2) is 7.05 Å². The van der Waals surface area contributed by atoms with Crippen molar-refractivity contribution in [3.05, 3.63) is 30.0 Å². The summed E-state index contributed by atoms with van der Waals surface area (Å²) < 4.78 is 55.6. The number of nitrogens with zero attached hydrogens (tertiary/aromatic N) is 2. The van der Waals surface area contributed by atoms with Crippen molar-refractivity contribution in [2.45, 2.75) is 6.18 Å². The van der Waals surface area contributed by atoms with Gasteiger partial charge in [-0.25, -0.2) is 0 Å². The van der Waals surface area contributed by atoms with Crippen molar-refractivity contribution in [1.29, 1.82) is 0 Å². The van der Waals surface area contributed by atoms with Gasteiger partial charge < -0.3 is 9.42 Å². The van der Waals surface area contributed by atoms with E-state index in [9.17, 15) is 22.6 Å². The standard InChI is InChI=1S/C11H10F3N2O3P/c1-16-6-10(20(17,18)19-2)8-4-3-7(11(12,13)14)5-9(8)15-16/h3-6H,1-2H3/p+1. The lowest BCUT2D eigenvalue weighted by atomic mass is 10.1. The highest BCUT2D eigenvalue weighted by Gasteiger charge is 2.33. The minimum Gasteiger partial charge on any atom is -0.321 e. The quantitative estimate of drug-likeness (QED) is 0.675. The van der Waals surface area contributed by atoms with Crippen LogP contribution in [0.5, 0.6) is 0 Å². The molecule has 1 unspecified atom stereocenters. The normalized spacial score (nSPS) is 15.3. The monoisotopic (exact) mass is 307 g/mol. The molecule has 5 nitrogen and oxygen atoms in total. The van der Waals surface area contributed by atoms with Crippen molar-refractivity contribution in [1.82, 2.24) is 5.10 Å². The number of alkyl halides is 3. The number of hydrogen-bond donors (Lipinski definition) is 1. The van der Waals surface area contributed by atoms with E-state index in [1.165, 1.54) is 17.9 Å². The van der Waals surface area contributed by atoms with Crippen LogP contribution in [0, 0.1) is 0 Å². The molecule has 108 valence electrons. The summed E-state index contributed by atoms with van der Waals surface area (Å²) in [6, 6.07) is 2.78. The number of rotatable bonds is 2. The van der Waals surface area contributed by atoms with Crippen molar-refractivity contribution >= 4 is 23.8 Å². The number of aromatic nitrogens is 2. The summed E-state index contributed by atoms with van der Waals surface area (Å²) in [7, 11) is -1.60. The number of aryl methyl sites for hydroxylation is 1. The molecular weight excluding hydrogens is 296 g/mol. The molecule has 1 N–H and O–H groups in total. The summed E-state index contributed by atoms with van der Waals surface area (Å²) in [5, 5.41) is 3.93. The van der Waals surface area contributed by atoms with E-state index in [1.807, 2.05) is 0 Å². The molecule has 1 aromatic heterocycles. The molecule has 0 radical (unpaired) electrons. The van der Waals surface area contributed by atoms with Gasteiger partial charge in [0.05, 0.1) is 5.56 Å². The third-order valence-corrected chi connectivity index (χ3v) is 4.19. The molecule has 2 rings (SSSR count). The van der Waals surface area contributed by atoms with Crippen LogP contribution in [-0.2, 0) is 22.3 Å². The maximum absolute atomic E-state index is 12.7. The molecule has 0 saturated carbocycles. The van der Waals surface area contributed by atoms with Gasteiger partial charge in [-0.05, 0) is 17.2 Å². The Morgan fingerprint density at radius 2 is 2.05 bits per heavy atom. The lowest BCUT2D eigenvalue weighted by molar-refractivity contribution is -0.727. The first-order valence-corrected chi connectivity index (χ1v) is 7.00. The summed E-state index contributed by atoms with van der Waals surface area (Å²) in [6.45, 7) is 0. The zero-order valence-electron chi connectivity index (χ0n) is 10.5. The van der Waals surface area contributed by atoms with E-state index in [-0.39, 0.29) is 16.2 Å². The number of fused-ring (bicyclic) bond motifs is 1. The van der Waals surface area contributed by atoms with E-state index in [1.54, 1.807) is 0 Å². The van der Waals surface area contributed by atoms with Crippen LogP contribution in [-0.4, -0.2) is 17.1 Å². The summed E-state index contributed by atoms with van der Waals surface area (Å²) in [6.07, 6.45) is -3.26. The van der Waals surface area contributed by atoms with E-state index in [2.05, 4.69) is 9.62 Å². The van der Waals surface area contributed by atoms with Gasteiger partial charge >= 0.3 is 13.8 Å². The summed E-state index contributed by atoms with van der Waals surface area (Å²) >= 11 is 0. The SMILES string of the molecule is COP(=O)(O)c1c[n+](C)nc2cc(C(F)(F)F)ccc12. The zero-order chi connectivity index (χ0) is 15.1. The molecule has 1 aromatic carbocycles. The number of halogens is 3. The fourth-order valence-electron chi connectivity index (χ4n) is 1.78. The molecule has 1 heterocycles. The molecule has 0 aliphatic carbocycles.